The summed E-state index contributed by atoms with van der Waals surface area (Å²) in [4.78, 5) is 22.6. The Morgan fingerprint density at radius 2 is 1.76 bits per heavy atom. The van der Waals surface area contributed by atoms with Crippen molar-refractivity contribution in [2.24, 2.45) is 0 Å². The van der Waals surface area contributed by atoms with Crippen molar-refractivity contribution in [3.63, 3.8) is 0 Å². The summed E-state index contributed by atoms with van der Waals surface area (Å²) in [6, 6.07) is 15.7. The molecular formula is C25H23N3O. The van der Waals surface area contributed by atoms with E-state index in [0.29, 0.717) is 16.7 Å². The SMILES string of the molecule is Cc1ccc2nc(/C=C/c3cccc(C)c3C)n(-c3cccnc3C)c(=O)c2c1. The molecule has 0 spiro atoms. The highest BCUT2D eigenvalue weighted by Gasteiger charge is 2.13. The minimum atomic E-state index is -0.0876. The molecule has 0 aliphatic heterocycles. The van der Waals surface area contributed by atoms with E-state index in [0.717, 1.165) is 22.5 Å². The normalized spacial score (nSPS) is 11.4. The van der Waals surface area contributed by atoms with Gasteiger partial charge in [0.2, 0.25) is 0 Å². The van der Waals surface area contributed by atoms with Crippen LogP contribution >= 0.6 is 0 Å². The molecular weight excluding hydrogens is 358 g/mol. The average Bonchev–Trinajstić information content (AvgIpc) is 2.71. The van der Waals surface area contributed by atoms with Gasteiger partial charge in [0.05, 0.1) is 22.3 Å². The third-order valence-electron chi connectivity index (χ3n) is 5.33. The van der Waals surface area contributed by atoms with Crippen LogP contribution in [0.4, 0.5) is 0 Å². The molecule has 4 rings (SSSR count). The Morgan fingerprint density at radius 1 is 0.931 bits per heavy atom. The first-order valence-electron chi connectivity index (χ1n) is 9.65. The molecule has 0 N–H and O–H groups in total. The van der Waals surface area contributed by atoms with Crippen LogP contribution in [0.25, 0.3) is 28.7 Å². The molecule has 0 amide bonds. The van der Waals surface area contributed by atoms with Crippen LogP contribution < -0.4 is 5.56 Å². The van der Waals surface area contributed by atoms with Crippen molar-refractivity contribution in [1.82, 2.24) is 14.5 Å². The number of hydrogen-bond donors (Lipinski definition) is 0. The number of benzene rings is 2. The molecule has 2 aromatic heterocycles. The topological polar surface area (TPSA) is 47.8 Å². The average molecular weight is 381 g/mol. The van der Waals surface area contributed by atoms with Gasteiger partial charge in [0.15, 0.2) is 0 Å². The zero-order valence-electron chi connectivity index (χ0n) is 17.1. The first-order chi connectivity index (χ1) is 14.0. The summed E-state index contributed by atoms with van der Waals surface area (Å²) in [6.45, 7) is 8.08. The summed E-state index contributed by atoms with van der Waals surface area (Å²) in [5.74, 6) is 0.586. The van der Waals surface area contributed by atoms with Crippen LogP contribution in [0.2, 0.25) is 0 Å². The van der Waals surface area contributed by atoms with Crippen molar-refractivity contribution < 1.29 is 0 Å². The third kappa shape index (κ3) is 3.49. The highest BCUT2D eigenvalue weighted by molar-refractivity contribution is 5.81. The second-order valence-corrected chi connectivity index (χ2v) is 7.36. The summed E-state index contributed by atoms with van der Waals surface area (Å²) >= 11 is 0. The van der Waals surface area contributed by atoms with Crippen LogP contribution in [0.5, 0.6) is 0 Å². The Morgan fingerprint density at radius 3 is 2.55 bits per heavy atom. The molecule has 0 unspecified atom stereocenters. The van der Waals surface area contributed by atoms with Gasteiger partial charge in [-0.15, -0.1) is 0 Å². The maximum atomic E-state index is 13.4. The lowest BCUT2D eigenvalue weighted by molar-refractivity contribution is 0.919. The molecule has 2 aromatic carbocycles. The zero-order valence-corrected chi connectivity index (χ0v) is 17.1. The molecule has 2 heterocycles. The smallest absolute Gasteiger partial charge is 0.266 e. The molecule has 0 aliphatic rings. The summed E-state index contributed by atoms with van der Waals surface area (Å²) in [5, 5.41) is 0.608. The highest BCUT2D eigenvalue weighted by Crippen LogP contribution is 2.19. The van der Waals surface area contributed by atoms with Crippen molar-refractivity contribution in [3.05, 3.63) is 98.9 Å². The molecule has 0 fully saturated rings. The Kier molecular flexibility index (Phi) is 4.85. The number of fused-ring (bicyclic) bond motifs is 1. The van der Waals surface area contributed by atoms with Gasteiger partial charge in [0.1, 0.15) is 5.82 Å². The largest absolute Gasteiger partial charge is 0.268 e. The van der Waals surface area contributed by atoms with E-state index in [1.165, 1.54) is 11.1 Å². The standard InChI is InChI=1S/C25H23N3O/c1-16-10-12-22-21(15-16)25(29)28(23-9-6-14-26-19(23)4)24(27-22)13-11-20-8-5-7-17(2)18(20)3/h5-15H,1-4H3/b13-11+. The van der Waals surface area contributed by atoms with Crippen LogP contribution in [0.1, 0.15) is 33.8 Å². The van der Waals surface area contributed by atoms with E-state index < -0.39 is 0 Å². The monoisotopic (exact) mass is 381 g/mol. The first-order valence-corrected chi connectivity index (χ1v) is 9.65. The molecule has 0 saturated heterocycles. The quantitative estimate of drug-likeness (QED) is 0.491. The molecule has 4 aromatic rings. The van der Waals surface area contributed by atoms with Gasteiger partial charge in [-0.2, -0.15) is 0 Å². The molecule has 4 nitrogen and oxygen atoms in total. The van der Waals surface area contributed by atoms with E-state index in [9.17, 15) is 4.79 Å². The summed E-state index contributed by atoms with van der Waals surface area (Å²) in [5.41, 5.74) is 6.72. The Balaban J connectivity index is 2.00. The fourth-order valence-electron chi connectivity index (χ4n) is 3.49. The summed E-state index contributed by atoms with van der Waals surface area (Å²) in [7, 11) is 0. The van der Waals surface area contributed by atoms with Gasteiger partial charge in [-0.1, -0.05) is 35.9 Å². The van der Waals surface area contributed by atoms with Crippen molar-refractivity contribution in [3.8, 4) is 5.69 Å². The van der Waals surface area contributed by atoms with E-state index in [1.54, 1.807) is 10.8 Å². The number of pyridine rings is 1. The van der Waals surface area contributed by atoms with Crippen LogP contribution in [0.15, 0.2) is 59.5 Å². The molecule has 29 heavy (non-hydrogen) atoms. The second kappa shape index (κ2) is 7.47. The molecule has 144 valence electrons. The molecule has 4 heteroatoms. The third-order valence-corrected chi connectivity index (χ3v) is 5.33. The van der Waals surface area contributed by atoms with Crippen LogP contribution in [0.3, 0.4) is 0 Å². The van der Waals surface area contributed by atoms with Gasteiger partial charge in [-0.05, 0) is 74.7 Å². The van der Waals surface area contributed by atoms with Crippen LogP contribution in [-0.4, -0.2) is 14.5 Å². The number of nitrogens with zero attached hydrogens (tertiary/aromatic N) is 3. The van der Waals surface area contributed by atoms with E-state index in [2.05, 4.69) is 31.0 Å². The number of aryl methyl sites for hydroxylation is 3. The number of aromatic nitrogens is 3. The Labute approximate surface area is 170 Å². The number of rotatable bonds is 3. The molecule has 0 radical (unpaired) electrons. The van der Waals surface area contributed by atoms with Gasteiger partial charge in [0, 0.05) is 6.20 Å². The lowest BCUT2D eigenvalue weighted by Gasteiger charge is -2.13. The maximum Gasteiger partial charge on any atom is 0.266 e. The predicted octanol–water partition coefficient (Wildman–Crippen LogP) is 5.18. The fourth-order valence-corrected chi connectivity index (χ4v) is 3.49. The van der Waals surface area contributed by atoms with E-state index in [1.807, 2.05) is 62.4 Å². The van der Waals surface area contributed by atoms with Crippen molar-refractivity contribution in [2.45, 2.75) is 27.7 Å². The van der Waals surface area contributed by atoms with Crippen LogP contribution in [-0.2, 0) is 0 Å². The van der Waals surface area contributed by atoms with E-state index in [-0.39, 0.29) is 5.56 Å². The van der Waals surface area contributed by atoms with Crippen molar-refractivity contribution >= 4 is 23.1 Å². The molecule has 0 atom stereocenters. The zero-order chi connectivity index (χ0) is 20.5. The van der Waals surface area contributed by atoms with Crippen LogP contribution in [0, 0.1) is 27.7 Å². The minimum absolute atomic E-state index is 0.0876. The Bertz CT molecular complexity index is 1320. The number of hydrogen-bond acceptors (Lipinski definition) is 3. The highest BCUT2D eigenvalue weighted by atomic mass is 16.1. The summed E-state index contributed by atoms with van der Waals surface area (Å²) in [6.07, 6.45) is 5.66. The van der Waals surface area contributed by atoms with Gasteiger partial charge < -0.3 is 0 Å². The van der Waals surface area contributed by atoms with Crippen molar-refractivity contribution in [1.29, 1.82) is 0 Å². The minimum Gasteiger partial charge on any atom is -0.268 e. The van der Waals surface area contributed by atoms with Gasteiger partial charge in [-0.3, -0.25) is 14.3 Å². The molecule has 0 bridgehead atoms. The fraction of sp³-hybridized carbons (Fsp3) is 0.160. The van der Waals surface area contributed by atoms with Gasteiger partial charge in [0.25, 0.3) is 5.56 Å². The maximum absolute atomic E-state index is 13.4. The Hall–Kier alpha value is -3.53. The second-order valence-electron chi connectivity index (χ2n) is 7.36. The van der Waals surface area contributed by atoms with E-state index in [4.69, 9.17) is 4.98 Å². The lowest BCUT2D eigenvalue weighted by Crippen LogP contribution is -2.23. The van der Waals surface area contributed by atoms with E-state index >= 15 is 0 Å². The van der Waals surface area contributed by atoms with Crippen molar-refractivity contribution in [2.75, 3.05) is 0 Å². The van der Waals surface area contributed by atoms with Gasteiger partial charge in [-0.25, -0.2) is 4.98 Å². The lowest BCUT2D eigenvalue weighted by atomic mass is 10.0. The molecule has 0 aliphatic carbocycles. The predicted molar refractivity (Wildman–Crippen MR) is 119 cm³/mol. The molecule has 0 saturated carbocycles. The first kappa shape index (κ1) is 18.8. The summed E-state index contributed by atoms with van der Waals surface area (Å²) < 4.78 is 1.66. The van der Waals surface area contributed by atoms with Gasteiger partial charge >= 0.3 is 0 Å².